The van der Waals surface area contributed by atoms with Gasteiger partial charge in [0, 0.05) is 17.2 Å². The van der Waals surface area contributed by atoms with Crippen molar-refractivity contribution in [3.05, 3.63) is 47.2 Å². The highest BCUT2D eigenvalue weighted by Crippen LogP contribution is 2.52. The van der Waals surface area contributed by atoms with Gasteiger partial charge in [-0.25, -0.2) is 0 Å². The second-order valence-electron chi connectivity index (χ2n) is 4.99. The van der Waals surface area contributed by atoms with E-state index < -0.39 is 28.8 Å². The number of benzene rings is 1. The summed E-state index contributed by atoms with van der Waals surface area (Å²) in [6, 6.07) is 4.62. The molecule has 7 heteroatoms. The minimum absolute atomic E-state index is 0.144. The van der Waals surface area contributed by atoms with E-state index in [-0.39, 0.29) is 5.70 Å². The number of carbonyl (C=O) groups excluding carboxylic acids is 2. The van der Waals surface area contributed by atoms with E-state index in [9.17, 15) is 22.8 Å². The van der Waals surface area contributed by atoms with Crippen molar-refractivity contribution in [2.75, 3.05) is 0 Å². The fourth-order valence-corrected chi connectivity index (χ4v) is 2.20. The lowest BCUT2D eigenvalue weighted by atomic mass is 9.91. The second-order valence-corrected chi connectivity index (χ2v) is 4.99. The van der Waals surface area contributed by atoms with Crippen molar-refractivity contribution in [1.29, 1.82) is 0 Å². The van der Waals surface area contributed by atoms with E-state index in [2.05, 4.69) is 0 Å². The first-order valence-electron chi connectivity index (χ1n) is 6.16. The molecule has 0 atom stereocenters. The molecule has 0 saturated heterocycles. The maximum Gasteiger partial charge on any atom is 0.416 e. The van der Waals surface area contributed by atoms with Crippen LogP contribution in [0.5, 0.6) is 0 Å². The molecule has 4 nitrogen and oxygen atoms in total. The fourth-order valence-electron chi connectivity index (χ4n) is 2.20. The Bertz CT molecular complexity index is 614. The van der Waals surface area contributed by atoms with E-state index in [1.54, 1.807) is 0 Å². The van der Waals surface area contributed by atoms with Gasteiger partial charge in [0.05, 0.1) is 5.56 Å². The number of amides is 1. The molecule has 1 aliphatic carbocycles. The van der Waals surface area contributed by atoms with Crippen molar-refractivity contribution in [2.24, 2.45) is 11.5 Å². The Morgan fingerprint density at radius 3 is 2.00 bits per heavy atom. The molecular weight excluding hydrogens is 285 g/mol. The standard InChI is InChI=1S/C14H13F3N2O2/c15-14(16,17)9-3-1-8(2-4-9)13(5-6-13)11(18)7-10(20)12(19)21/h1-4,7H,5-6,18H2,(H2,19,21). The molecule has 0 aliphatic heterocycles. The first-order chi connectivity index (χ1) is 9.67. The number of halogens is 3. The fraction of sp³-hybridized carbons (Fsp3) is 0.286. The van der Waals surface area contributed by atoms with Gasteiger partial charge >= 0.3 is 6.18 Å². The smallest absolute Gasteiger partial charge is 0.401 e. The SMILES string of the molecule is NC(=O)C(=O)C=C(N)C1(c2ccc(C(F)(F)F)cc2)CC1. The highest BCUT2D eigenvalue weighted by molar-refractivity contribution is 6.40. The molecule has 1 aromatic carbocycles. The average molecular weight is 298 g/mol. The van der Waals surface area contributed by atoms with Gasteiger partial charge in [-0.3, -0.25) is 9.59 Å². The van der Waals surface area contributed by atoms with Crippen LogP contribution in [0.4, 0.5) is 13.2 Å². The van der Waals surface area contributed by atoms with Gasteiger partial charge in [-0.2, -0.15) is 13.2 Å². The molecule has 1 amide bonds. The molecule has 1 aromatic rings. The summed E-state index contributed by atoms with van der Waals surface area (Å²) in [5, 5.41) is 0. The molecule has 0 aromatic heterocycles. The molecule has 2 rings (SSSR count). The Morgan fingerprint density at radius 2 is 1.62 bits per heavy atom. The molecule has 1 fully saturated rings. The Kier molecular flexibility index (Phi) is 3.52. The van der Waals surface area contributed by atoms with Gasteiger partial charge in [0.25, 0.3) is 5.91 Å². The van der Waals surface area contributed by atoms with Crippen molar-refractivity contribution in [1.82, 2.24) is 0 Å². The summed E-state index contributed by atoms with van der Waals surface area (Å²) in [5.41, 5.74) is 9.97. The number of hydrogen-bond acceptors (Lipinski definition) is 3. The quantitative estimate of drug-likeness (QED) is 0.654. The van der Waals surface area contributed by atoms with Crippen molar-refractivity contribution in [2.45, 2.75) is 24.4 Å². The third-order valence-electron chi connectivity index (χ3n) is 3.60. The zero-order valence-electron chi connectivity index (χ0n) is 10.9. The lowest BCUT2D eigenvalue weighted by Gasteiger charge is -2.17. The molecule has 4 N–H and O–H groups in total. The largest absolute Gasteiger partial charge is 0.416 e. The van der Waals surface area contributed by atoms with E-state index in [1.165, 1.54) is 12.1 Å². The molecular formula is C14H13F3N2O2. The second kappa shape index (κ2) is 4.91. The Balaban J connectivity index is 2.29. The molecule has 0 radical (unpaired) electrons. The average Bonchev–Trinajstić information content (AvgIpc) is 3.19. The molecule has 0 bridgehead atoms. The van der Waals surface area contributed by atoms with Crippen LogP contribution in [-0.4, -0.2) is 11.7 Å². The highest BCUT2D eigenvalue weighted by atomic mass is 19.4. The van der Waals surface area contributed by atoms with Gasteiger partial charge in [-0.1, -0.05) is 12.1 Å². The molecule has 0 heterocycles. The Labute approximate surface area is 118 Å². The number of hydrogen-bond donors (Lipinski definition) is 2. The van der Waals surface area contributed by atoms with E-state index in [1.807, 2.05) is 0 Å². The van der Waals surface area contributed by atoms with Crippen LogP contribution in [0, 0.1) is 0 Å². The summed E-state index contributed by atoms with van der Waals surface area (Å²) in [7, 11) is 0. The Morgan fingerprint density at radius 1 is 1.10 bits per heavy atom. The predicted molar refractivity (Wildman–Crippen MR) is 68.8 cm³/mol. The van der Waals surface area contributed by atoms with E-state index >= 15 is 0 Å². The normalized spacial score (nSPS) is 17.4. The number of alkyl halides is 3. The lowest BCUT2D eigenvalue weighted by Crippen LogP contribution is -2.25. The zero-order chi connectivity index (χ0) is 15.8. The van der Waals surface area contributed by atoms with Crippen molar-refractivity contribution < 1.29 is 22.8 Å². The minimum atomic E-state index is -4.40. The summed E-state index contributed by atoms with van der Waals surface area (Å²) in [6.45, 7) is 0. The number of ketones is 1. The molecule has 1 saturated carbocycles. The van der Waals surface area contributed by atoms with E-state index in [0.29, 0.717) is 18.4 Å². The monoisotopic (exact) mass is 298 g/mol. The summed E-state index contributed by atoms with van der Waals surface area (Å²) in [5.74, 6) is -2.05. The van der Waals surface area contributed by atoms with Gasteiger partial charge in [-0.05, 0) is 30.5 Å². The summed E-state index contributed by atoms with van der Waals surface area (Å²) < 4.78 is 37.6. The maximum atomic E-state index is 12.5. The van der Waals surface area contributed by atoms with Crippen LogP contribution in [0.3, 0.4) is 0 Å². The molecule has 112 valence electrons. The van der Waals surface area contributed by atoms with Crippen LogP contribution >= 0.6 is 0 Å². The molecule has 1 aliphatic rings. The summed E-state index contributed by atoms with van der Waals surface area (Å²) in [4.78, 5) is 22.0. The molecule has 0 spiro atoms. The van der Waals surface area contributed by atoms with E-state index in [0.717, 1.165) is 18.2 Å². The molecule has 0 unspecified atom stereocenters. The maximum absolute atomic E-state index is 12.5. The van der Waals surface area contributed by atoms with E-state index in [4.69, 9.17) is 11.5 Å². The van der Waals surface area contributed by atoms with Gasteiger partial charge in [0.2, 0.25) is 5.78 Å². The number of primary amides is 1. The Hall–Kier alpha value is -2.31. The summed E-state index contributed by atoms with van der Waals surface area (Å²) >= 11 is 0. The predicted octanol–water partition coefficient (Wildman–Crippen LogP) is 1.63. The topological polar surface area (TPSA) is 86.2 Å². The van der Waals surface area contributed by atoms with Gasteiger partial charge in [0.1, 0.15) is 0 Å². The number of carbonyl (C=O) groups is 2. The van der Waals surface area contributed by atoms with Crippen LogP contribution < -0.4 is 11.5 Å². The zero-order valence-corrected chi connectivity index (χ0v) is 10.9. The van der Waals surface area contributed by atoms with Crippen LogP contribution in [0.1, 0.15) is 24.0 Å². The first kappa shape index (κ1) is 15.1. The van der Waals surface area contributed by atoms with Crippen LogP contribution in [0.2, 0.25) is 0 Å². The van der Waals surface area contributed by atoms with Crippen molar-refractivity contribution >= 4 is 11.7 Å². The molecule has 21 heavy (non-hydrogen) atoms. The minimum Gasteiger partial charge on any atom is -0.401 e. The lowest BCUT2D eigenvalue weighted by molar-refractivity contribution is -0.137. The highest BCUT2D eigenvalue weighted by Gasteiger charge is 2.47. The van der Waals surface area contributed by atoms with Gasteiger partial charge < -0.3 is 11.5 Å². The van der Waals surface area contributed by atoms with Gasteiger partial charge in [0.15, 0.2) is 0 Å². The van der Waals surface area contributed by atoms with Crippen LogP contribution in [0.25, 0.3) is 0 Å². The van der Waals surface area contributed by atoms with Crippen LogP contribution in [-0.2, 0) is 21.2 Å². The van der Waals surface area contributed by atoms with Crippen molar-refractivity contribution in [3.8, 4) is 0 Å². The third-order valence-corrected chi connectivity index (χ3v) is 3.60. The number of rotatable bonds is 4. The number of allylic oxidation sites excluding steroid dienone is 1. The van der Waals surface area contributed by atoms with Gasteiger partial charge in [-0.15, -0.1) is 0 Å². The summed E-state index contributed by atoms with van der Waals surface area (Å²) in [6.07, 6.45) is -2.24. The van der Waals surface area contributed by atoms with Crippen LogP contribution in [0.15, 0.2) is 36.0 Å². The number of nitrogens with two attached hydrogens (primary N) is 2. The third kappa shape index (κ3) is 2.91. The van der Waals surface area contributed by atoms with Crippen molar-refractivity contribution in [3.63, 3.8) is 0 Å². The first-order valence-corrected chi connectivity index (χ1v) is 6.16.